The molecule has 5 heteroatoms. The van der Waals surface area contributed by atoms with E-state index < -0.39 is 0 Å². The highest BCUT2D eigenvalue weighted by atomic mass is 16.5. The first-order valence-electron chi connectivity index (χ1n) is 9.60. The van der Waals surface area contributed by atoms with Gasteiger partial charge in [-0.05, 0) is 32.5 Å². The fourth-order valence-electron chi connectivity index (χ4n) is 4.37. The molecule has 3 heterocycles. The molecule has 1 aromatic rings. The molecule has 4 rings (SSSR count). The maximum Gasteiger partial charge on any atom is 0.227 e. The van der Waals surface area contributed by atoms with Crippen molar-refractivity contribution in [1.82, 2.24) is 15.1 Å². The molecule has 3 aliphatic heterocycles. The average Bonchev–Trinajstić information content (AvgIpc) is 2.81. The third-order valence-electron chi connectivity index (χ3n) is 6.00. The van der Waals surface area contributed by atoms with Crippen molar-refractivity contribution in [2.24, 2.45) is 5.92 Å². The molecule has 136 valence electrons. The summed E-state index contributed by atoms with van der Waals surface area (Å²) in [5.41, 5.74) is 0.895. The molecule has 25 heavy (non-hydrogen) atoms. The number of para-hydroxylation sites is 1. The molecule has 0 unspecified atom stereocenters. The highest BCUT2D eigenvalue weighted by Crippen LogP contribution is 2.36. The van der Waals surface area contributed by atoms with Crippen molar-refractivity contribution in [2.75, 3.05) is 39.8 Å². The number of carbonyl (C=O) groups excluding carboxylic acids is 1. The van der Waals surface area contributed by atoms with E-state index in [0.717, 1.165) is 63.2 Å². The van der Waals surface area contributed by atoms with Gasteiger partial charge in [-0.3, -0.25) is 4.79 Å². The number of likely N-dealkylation sites (tertiary alicyclic amines) is 1. The first-order valence-corrected chi connectivity index (χ1v) is 9.60. The molecule has 0 bridgehead atoms. The molecule has 0 saturated carbocycles. The third-order valence-corrected chi connectivity index (χ3v) is 6.00. The number of hydrogen-bond acceptors (Lipinski definition) is 4. The summed E-state index contributed by atoms with van der Waals surface area (Å²) in [6.07, 6.45) is 4.04. The van der Waals surface area contributed by atoms with Gasteiger partial charge in [-0.15, -0.1) is 0 Å². The van der Waals surface area contributed by atoms with Gasteiger partial charge in [0.05, 0.1) is 12.5 Å². The normalized spacial score (nSPS) is 26.6. The van der Waals surface area contributed by atoms with E-state index in [9.17, 15) is 4.79 Å². The van der Waals surface area contributed by atoms with Crippen LogP contribution >= 0.6 is 0 Å². The monoisotopic (exact) mass is 343 g/mol. The second-order valence-corrected chi connectivity index (χ2v) is 7.93. The van der Waals surface area contributed by atoms with Gasteiger partial charge in [-0.2, -0.15) is 0 Å². The summed E-state index contributed by atoms with van der Waals surface area (Å²) in [5.74, 6) is 1.37. The number of piperidine rings is 2. The Morgan fingerprint density at radius 2 is 2.08 bits per heavy atom. The Morgan fingerprint density at radius 1 is 1.28 bits per heavy atom. The van der Waals surface area contributed by atoms with Crippen LogP contribution in [0.15, 0.2) is 24.3 Å². The predicted octanol–water partition coefficient (Wildman–Crippen LogP) is 1.87. The van der Waals surface area contributed by atoms with Crippen molar-refractivity contribution >= 4 is 5.91 Å². The van der Waals surface area contributed by atoms with Crippen molar-refractivity contribution in [1.29, 1.82) is 0 Å². The zero-order valence-electron chi connectivity index (χ0n) is 15.2. The molecule has 0 aromatic heterocycles. The van der Waals surface area contributed by atoms with E-state index in [1.807, 2.05) is 12.1 Å². The lowest BCUT2D eigenvalue weighted by atomic mass is 9.89. The van der Waals surface area contributed by atoms with E-state index in [-0.39, 0.29) is 11.5 Å². The lowest BCUT2D eigenvalue weighted by molar-refractivity contribution is -0.140. The fourth-order valence-corrected chi connectivity index (χ4v) is 4.37. The van der Waals surface area contributed by atoms with E-state index >= 15 is 0 Å². The second-order valence-electron chi connectivity index (χ2n) is 7.93. The lowest BCUT2D eigenvalue weighted by Crippen LogP contribution is -2.55. The molecule has 1 amide bonds. The number of rotatable bonds is 1. The van der Waals surface area contributed by atoms with Crippen LogP contribution in [0.25, 0.3) is 0 Å². The SMILES string of the molecule is CN1CCC2(CC1)CN(C(=O)[C@@H]1CCCNC1)Cc1ccccc1O2. The highest BCUT2D eigenvalue weighted by molar-refractivity contribution is 5.79. The van der Waals surface area contributed by atoms with Gasteiger partial charge in [-0.1, -0.05) is 18.2 Å². The quantitative estimate of drug-likeness (QED) is 0.846. The van der Waals surface area contributed by atoms with Gasteiger partial charge in [0.1, 0.15) is 11.4 Å². The van der Waals surface area contributed by atoms with Crippen LogP contribution in [0.3, 0.4) is 0 Å². The van der Waals surface area contributed by atoms with Crippen molar-refractivity contribution < 1.29 is 9.53 Å². The number of carbonyl (C=O) groups is 1. The topological polar surface area (TPSA) is 44.8 Å². The van der Waals surface area contributed by atoms with Gasteiger partial charge in [0.15, 0.2) is 0 Å². The van der Waals surface area contributed by atoms with Crippen LogP contribution in [-0.4, -0.2) is 61.1 Å². The summed E-state index contributed by atoms with van der Waals surface area (Å²) in [6, 6.07) is 8.23. The molecule has 1 spiro atoms. The summed E-state index contributed by atoms with van der Waals surface area (Å²) < 4.78 is 6.57. The number of hydrogen-bond donors (Lipinski definition) is 1. The molecule has 0 radical (unpaired) electrons. The summed E-state index contributed by atoms with van der Waals surface area (Å²) in [4.78, 5) is 17.7. The van der Waals surface area contributed by atoms with Crippen molar-refractivity contribution in [3.8, 4) is 5.75 Å². The van der Waals surface area contributed by atoms with Crippen molar-refractivity contribution in [2.45, 2.75) is 37.8 Å². The standard InChI is InChI=1S/C20H29N3O2/c1-22-11-8-20(9-12-22)15-23(19(24)16-6-4-10-21-13-16)14-17-5-2-3-7-18(17)25-20/h2-3,5,7,16,21H,4,6,8-15H2,1H3/t16-/m1/s1. The highest BCUT2D eigenvalue weighted by Gasteiger charge is 2.42. The van der Waals surface area contributed by atoms with Gasteiger partial charge in [0.25, 0.3) is 0 Å². The Balaban J connectivity index is 1.61. The molecule has 5 nitrogen and oxygen atoms in total. The molecule has 2 saturated heterocycles. The maximum absolute atomic E-state index is 13.2. The Morgan fingerprint density at radius 3 is 2.84 bits per heavy atom. The zero-order chi connectivity index (χ0) is 17.3. The molecule has 2 fully saturated rings. The van der Waals surface area contributed by atoms with Crippen LogP contribution in [0.5, 0.6) is 5.75 Å². The molecular formula is C20H29N3O2. The molecule has 1 aromatic carbocycles. The molecule has 0 aliphatic carbocycles. The van der Waals surface area contributed by atoms with Gasteiger partial charge >= 0.3 is 0 Å². The maximum atomic E-state index is 13.2. The van der Waals surface area contributed by atoms with Crippen LogP contribution in [-0.2, 0) is 11.3 Å². The minimum atomic E-state index is -0.239. The third kappa shape index (κ3) is 3.53. The van der Waals surface area contributed by atoms with Crippen LogP contribution in [0, 0.1) is 5.92 Å². The Bertz CT molecular complexity index is 619. The second kappa shape index (κ2) is 6.96. The van der Waals surface area contributed by atoms with Crippen molar-refractivity contribution in [3.63, 3.8) is 0 Å². The minimum absolute atomic E-state index is 0.113. The van der Waals surface area contributed by atoms with Crippen molar-refractivity contribution in [3.05, 3.63) is 29.8 Å². The minimum Gasteiger partial charge on any atom is -0.485 e. The fraction of sp³-hybridized carbons (Fsp3) is 0.650. The number of amides is 1. The van der Waals surface area contributed by atoms with Gasteiger partial charge < -0.3 is 19.9 Å². The Kier molecular flexibility index (Phi) is 4.69. The van der Waals surface area contributed by atoms with Gasteiger partial charge in [-0.25, -0.2) is 0 Å². The Hall–Kier alpha value is -1.59. The smallest absolute Gasteiger partial charge is 0.227 e. The van der Waals surface area contributed by atoms with Crippen LogP contribution in [0.4, 0.5) is 0 Å². The largest absolute Gasteiger partial charge is 0.485 e. The first kappa shape index (κ1) is 16.9. The molecule has 1 atom stereocenters. The van der Waals surface area contributed by atoms with Gasteiger partial charge in [0.2, 0.25) is 5.91 Å². The Labute approximate surface area is 150 Å². The lowest BCUT2D eigenvalue weighted by Gasteiger charge is -2.42. The van der Waals surface area contributed by atoms with E-state index in [1.165, 1.54) is 0 Å². The average molecular weight is 343 g/mol. The van der Waals surface area contributed by atoms with E-state index in [1.54, 1.807) is 0 Å². The number of fused-ring (bicyclic) bond motifs is 1. The zero-order valence-corrected chi connectivity index (χ0v) is 15.2. The first-order chi connectivity index (χ1) is 12.2. The van der Waals surface area contributed by atoms with Crippen LogP contribution in [0.2, 0.25) is 0 Å². The van der Waals surface area contributed by atoms with E-state index in [0.29, 0.717) is 19.0 Å². The van der Waals surface area contributed by atoms with Crippen LogP contribution < -0.4 is 10.1 Å². The molecule has 1 N–H and O–H groups in total. The summed E-state index contributed by atoms with van der Waals surface area (Å²) in [5, 5.41) is 3.38. The van der Waals surface area contributed by atoms with Crippen LogP contribution in [0.1, 0.15) is 31.2 Å². The number of nitrogens with zero attached hydrogens (tertiary/aromatic N) is 2. The number of nitrogens with one attached hydrogen (secondary N) is 1. The summed E-state index contributed by atoms with van der Waals surface area (Å²) in [6.45, 7) is 5.28. The molecule has 3 aliphatic rings. The summed E-state index contributed by atoms with van der Waals surface area (Å²) >= 11 is 0. The number of ether oxygens (including phenoxy) is 1. The van der Waals surface area contributed by atoms with E-state index in [4.69, 9.17) is 4.74 Å². The molecular weight excluding hydrogens is 314 g/mol. The summed E-state index contributed by atoms with van der Waals surface area (Å²) in [7, 11) is 2.16. The number of benzene rings is 1. The predicted molar refractivity (Wildman–Crippen MR) is 97.5 cm³/mol. The van der Waals surface area contributed by atoms with Gasteiger partial charge in [0, 0.05) is 44.6 Å². The van der Waals surface area contributed by atoms with E-state index in [2.05, 4.69) is 34.3 Å².